The zero-order chi connectivity index (χ0) is 14.6. The molecule has 0 aliphatic carbocycles. The number of hydrogen-bond donors (Lipinski definition) is 3. The summed E-state index contributed by atoms with van der Waals surface area (Å²) < 4.78 is 39.5. The summed E-state index contributed by atoms with van der Waals surface area (Å²) in [4.78, 5) is 0. The normalized spacial score (nSPS) is 14.3. The molecule has 0 radical (unpaired) electrons. The molecule has 0 saturated carbocycles. The molecule has 0 heterocycles. The predicted octanol–water partition coefficient (Wildman–Crippen LogP) is 3.55. The van der Waals surface area contributed by atoms with Crippen molar-refractivity contribution in [3.63, 3.8) is 0 Å². The maximum atomic E-state index is 12.7. The van der Waals surface area contributed by atoms with Crippen molar-refractivity contribution < 1.29 is 18.4 Å². The van der Waals surface area contributed by atoms with E-state index in [1.165, 1.54) is 0 Å². The second-order valence-corrected chi connectivity index (χ2v) is 5.39. The first-order valence-electron chi connectivity index (χ1n) is 4.98. The summed E-state index contributed by atoms with van der Waals surface area (Å²) in [5.41, 5.74) is 5.53. The first kappa shape index (κ1) is 16.1. The highest BCUT2D eigenvalue weighted by molar-refractivity contribution is 9.11. The van der Waals surface area contributed by atoms with Gasteiger partial charge in [-0.05, 0) is 34.1 Å². The lowest BCUT2D eigenvalue weighted by Crippen LogP contribution is -2.40. The molecule has 0 aliphatic heterocycles. The highest BCUT2D eigenvalue weighted by Gasteiger charge is 2.42. The number of amidine groups is 1. The Morgan fingerprint density at radius 3 is 2.53 bits per heavy atom. The Hall–Kier alpha value is -0.960. The molecule has 1 aromatic carbocycles. The third-order valence-corrected chi connectivity index (χ3v) is 3.44. The maximum absolute atomic E-state index is 12.7. The fraction of sp³-hybridized carbons (Fsp3) is 0.300. The molecular weight excluding hydrogens is 395 g/mol. The van der Waals surface area contributed by atoms with E-state index in [9.17, 15) is 13.2 Å². The second-order valence-electron chi connectivity index (χ2n) is 3.62. The van der Waals surface area contributed by atoms with Crippen LogP contribution in [0.3, 0.4) is 0 Å². The Morgan fingerprint density at radius 2 is 2.05 bits per heavy atom. The molecule has 0 bridgehead atoms. The molecule has 4 nitrogen and oxygen atoms in total. The van der Waals surface area contributed by atoms with Gasteiger partial charge in [0, 0.05) is 21.2 Å². The summed E-state index contributed by atoms with van der Waals surface area (Å²) >= 11 is 6.45. The van der Waals surface area contributed by atoms with Gasteiger partial charge in [0.05, 0.1) is 0 Å². The van der Waals surface area contributed by atoms with Gasteiger partial charge in [0.2, 0.25) is 0 Å². The fourth-order valence-electron chi connectivity index (χ4n) is 1.30. The van der Waals surface area contributed by atoms with E-state index in [-0.39, 0.29) is 0 Å². The van der Waals surface area contributed by atoms with Crippen molar-refractivity contribution in [3.8, 4) is 0 Å². The van der Waals surface area contributed by atoms with Crippen LogP contribution in [-0.4, -0.2) is 23.8 Å². The molecule has 1 atom stereocenters. The van der Waals surface area contributed by atoms with Crippen LogP contribution in [-0.2, 0) is 0 Å². The third kappa shape index (κ3) is 4.57. The SMILES string of the molecule is N/C(=N/O)C(CNc1ccc(Br)cc1Br)C(F)(F)F. The number of anilines is 1. The number of nitrogens with one attached hydrogen (secondary N) is 1. The molecule has 9 heteroatoms. The standard InChI is InChI=1S/C10H10Br2F3N3O/c11-5-1-2-8(7(12)3-5)17-4-6(9(16)18-19)10(13,14)15/h1-3,6,17,19H,4H2,(H2,16,18). The van der Waals surface area contributed by atoms with E-state index in [0.29, 0.717) is 10.2 Å². The van der Waals surface area contributed by atoms with E-state index in [4.69, 9.17) is 10.9 Å². The molecule has 1 unspecified atom stereocenters. The first-order chi connectivity index (χ1) is 8.75. The number of rotatable bonds is 4. The third-order valence-electron chi connectivity index (χ3n) is 2.30. The largest absolute Gasteiger partial charge is 0.409 e. The molecule has 106 valence electrons. The minimum absolute atomic E-state index is 0.475. The number of alkyl halides is 3. The van der Waals surface area contributed by atoms with E-state index >= 15 is 0 Å². The van der Waals surface area contributed by atoms with Gasteiger partial charge in [0.1, 0.15) is 5.92 Å². The molecular formula is C10H10Br2F3N3O. The van der Waals surface area contributed by atoms with Crippen molar-refractivity contribution >= 4 is 43.4 Å². The summed E-state index contributed by atoms with van der Waals surface area (Å²) in [6.07, 6.45) is -4.59. The van der Waals surface area contributed by atoms with E-state index in [1.807, 2.05) is 0 Å². The molecule has 4 N–H and O–H groups in total. The van der Waals surface area contributed by atoms with E-state index in [0.717, 1.165) is 4.47 Å². The van der Waals surface area contributed by atoms with Crippen LogP contribution in [0.5, 0.6) is 0 Å². The Morgan fingerprint density at radius 1 is 1.42 bits per heavy atom. The van der Waals surface area contributed by atoms with Gasteiger partial charge in [-0.25, -0.2) is 0 Å². The van der Waals surface area contributed by atoms with Crippen LogP contribution in [0.2, 0.25) is 0 Å². The highest BCUT2D eigenvalue weighted by Crippen LogP contribution is 2.29. The molecule has 1 rings (SSSR count). The molecule has 1 aromatic rings. The average molecular weight is 405 g/mol. The van der Waals surface area contributed by atoms with Crippen LogP contribution in [0.15, 0.2) is 32.3 Å². The quantitative estimate of drug-likeness (QED) is 0.311. The zero-order valence-electron chi connectivity index (χ0n) is 9.38. The zero-order valence-corrected chi connectivity index (χ0v) is 12.6. The molecule has 0 saturated heterocycles. The van der Waals surface area contributed by atoms with E-state index in [1.54, 1.807) is 18.2 Å². The van der Waals surface area contributed by atoms with Crippen LogP contribution in [0.1, 0.15) is 0 Å². The van der Waals surface area contributed by atoms with Crippen molar-refractivity contribution in [1.82, 2.24) is 0 Å². The Kier molecular flexibility index (Phi) is 5.48. The van der Waals surface area contributed by atoms with Crippen LogP contribution in [0.4, 0.5) is 18.9 Å². The maximum Gasteiger partial charge on any atom is 0.400 e. The molecule has 0 aliphatic rings. The Labute approximate surface area is 124 Å². The van der Waals surface area contributed by atoms with E-state index in [2.05, 4.69) is 42.3 Å². The minimum Gasteiger partial charge on any atom is -0.409 e. The predicted molar refractivity (Wildman–Crippen MR) is 73.3 cm³/mol. The first-order valence-corrected chi connectivity index (χ1v) is 6.57. The van der Waals surface area contributed by atoms with Crippen molar-refractivity contribution in [3.05, 3.63) is 27.1 Å². The van der Waals surface area contributed by atoms with Gasteiger partial charge >= 0.3 is 6.18 Å². The molecule has 0 aromatic heterocycles. The van der Waals surface area contributed by atoms with Gasteiger partial charge in [0.15, 0.2) is 5.84 Å². The van der Waals surface area contributed by atoms with Crippen LogP contribution in [0.25, 0.3) is 0 Å². The van der Waals surface area contributed by atoms with Gasteiger partial charge in [-0.3, -0.25) is 0 Å². The van der Waals surface area contributed by atoms with Crippen molar-refractivity contribution in [2.24, 2.45) is 16.8 Å². The summed E-state index contributed by atoms with van der Waals surface area (Å²) in [6.45, 7) is -0.528. The topological polar surface area (TPSA) is 70.6 Å². The summed E-state index contributed by atoms with van der Waals surface area (Å²) in [7, 11) is 0. The van der Waals surface area contributed by atoms with Gasteiger partial charge in [-0.1, -0.05) is 21.1 Å². The highest BCUT2D eigenvalue weighted by atomic mass is 79.9. The molecule has 0 amide bonds. The molecule has 19 heavy (non-hydrogen) atoms. The average Bonchev–Trinajstić information content (AvgIpc) is 2.29. The van der Waals surface area contributed by atoms with E-state index < -0.39 is 24.5 Å². The second kappa shape index (κ2) is 6.47. The number of oxime groups is 1. The number of halogens is 5. The minimum atomic E-state index is -4.59. The molecule has 0 spiro atoms. The van der Waals surface area contributed by atoms with Gasteiger partial charge < -0.3 is 16.3 Å². The van der Waals surface area contributed by atoms with Gasteiger partial charge in [-0.15, -0.1) is 0 Å². The monoisotopic (exact) mass is 403 g/mol. The number of nitrogens with zero attached hydrogens (tertiary/aromatic N) is 1. The van der Waals surface area contributed by atoms with Gasteiger partial charge in [-0.2, -0.15) is 13.2 Å². The Balaban J connectivity index is 2.82. The summed E-state index contributed by atoms with van der Waals surface area (Å²) in [6, 6.07) is 4.97. The smallest absolute Gasteiger partial charge is 0.400 e. The summed E-state index contributed by atoms with van der Waals surface area (Å²) in [5.74, 6) is -2.94. The van der Waals surface area contributed by atoms with Crippen LogP contribution in [0, 0.1) is 5.92 Å². The summed E-state index contributed by atoms with van der Waals surface area (Å²) in [5, 5.41) is 13.4. The fourth-order valence-corrected chi connectivity index (χ4v) is 2.49. The lowest BCUT2D eigenvalue weighted by Gasteiger charge is -2.20. The lowest BCUT2D eigenvalue weighted by atomic mass is 10.1. The lowest BCUT2D eigenvalue weighted by molar-refractivity contribution is -0.152. The number of nitrogens with two attached hydrogens (primary N) is 1. The van der Waals surface area contributed by atoms with Crippen molar-refractivity contribution in [2.75, 3.05) is 11.9 Å². The molecule has 0 fully saturated rings. The number of benzene rings is 1. The van der Waals surface area contributed by atoms with Crippen molar-refractivity contribution in [2.45, 2.75) is 6.18 Å². The van der Waals surface area contributed by atoms with Crippen molar-refractivity contribution in [1.29, 1.82) is 0 Å². The van der Waals surface area contributed by atoms with Crippen LogP contribution < -0.4 is 11.1 Å². The number of hydrogen-bond acceptors (Lipinski definition) is 3. The Bertz CT molecular complexity index is 480. The van der Waals surface area contributed by atoms with Crippen LogP contribution >= 0.6 is 31.9 Å². The van der Waals surface area contributed by atoms with Gasteiger partial charge in [0.25, 0.3) is 0 Å².